The summed E-state index contributed by atoms with van der Waals surface area (Å²) in [5.41, 5.74) is 0.507. The van der Waals surface area contributed by atoms with Gasteiger partial charge in [0, 0.05) is 23.5 Å². The van der Waals surface area contributed by atoms with Crippen LogP contribution in [0.1, 0.15) is 22.8 Å². The molecule has 0 saturated carbocycles. The van der Waals surface area contributed by atoms with Gasteiger partial charge in [0.15, 0.2) is 0 Å². The summed E-state index contributed by atoms with van der Waals surface area (Å²) in [6.45, 7) is 2.17. The third-order valence-electron chi connectivity index (χ3n) is 3.41. The number of hydrogen-bond donors (Lipinski definition) is 3. The van der Waals surface area contributed by atoms with E-state index in [0.29, 0.717) is 23.5 Å². The second kappa shape index (κ2) is 8.37. The highest BCUT2D eigenvalue weighted by molar-refractivity contribution is 5.98. The molecule has 0 aliphatic rings. The third kappa shape index (κ3) is 5.51. The summed E-state index contributed by atoms with van der Waals surface area (Å²) in [6.07, 6.45) is -4.40. The molecule has 5 nitrogen and oxygen atoms in total. The first-order valence-electron chi connectivity index (χ1n) is 7.89. The van der Waals surface area contributed by atoms with Gasteiger partial charge in [0.25, 0.3) is 5.91 Å². The summed E-state index contributed by atoms with van der Waals surface area (Å²) in [6, 6.07) is 10.8. The lowest BCUT2D eigenvalue weighted by Crippen LogP contribution is -2.24. The molecule has 0 atom stereocenters. The number of carbonyl (C=O) groups excluding carboxylic acids is 2. The summed E-state index contributed by atoms with van der Waals surface area (Å²) >= 11 is 0. The van der Waals surface area contributed by atoms with Crippen LogP contribution in [0, 0.1) is 0 Å². The number of nitrogens with one attached hydrogen (secondary N) is 3. The molecule has 0 radical (unpaired) electrons. The number of hydrogen-bond acceptors (Lipinski definition) is 3. The fraction of sp³-hybridized carbons (Fsp3) is 0.222. The lowest BCUT2D eigenvalue weighted by atomic mass is 10.2. The summed E-state index contributed by atoms with van der Waals surface area (Å²) < 4.78 is 37.5. The highest BCUT2D eigenvalue weighted by Gasteiger charge is 2.29. The van der Waals surface area contributed by atoms with Crippen molar-refractivity contribution in [3.63, 3.8) is 0 Å². The molecule has 8 heteroatoms. The van der Waals surface area contributed by atoms with Crippen molar-refractivity contribution in [2.45, 2.75) is 13.1 Å². The monoisotopic (exact) mass is 365 g/mol. The van der Waals surface area contributed by atoms with E-state index in [4.69, 9.17) is 0 Å². The lowest BCUT2D eigenvalue weighted by molar-refractivity contribution is -0.137. The molecule has 0 saturated heterocycles. The van der Waals surface area contributed by atoms with Gasteiger partial charge in [0.1, 0.15) is 0 Å². The number of anilines is 2. The Bertz CT molecular complexity index is 774. The molecule has 2 aromatic carbocycles. The first-order chi connectivity index (χ1) is 12.3. The molecular formula is C18H18F3N3O2. The predicted octanol–water partition coefficient (Wildman–Crippen LogP) is 3.51. The van der Waals surface area contributed by atoms with E-state index in [1.54, 1.807) is 31.2 Å². The van der Waals surface area contributed by atoms with Crippen LogP contribution in [0.15, 0.2) is 48.5 Å². The third-order valence-corrected chi connectivity index (χ3v) is 3.41. The molecular weight excluding hydrogens is 347 g/mol. The zero-order valence-electron chi connectivity index (χ0n) is 14.0. The van der Waals surface area contributed by atoms with E-state index >= 15 is 0 Å². The van der Waals surface area contributed by atoms with E-state index in [2.05, 4.69) is 16.0 Å². The van der Waals surface area contributed by atoms with Gasteiger partial charge >= 0.3 is 6.18 Å². The zero-order chi connectivity index (χ0) is 19.2. The number of benzene rings is 2. The van der Waals surface area contributed by atoms with Crippen LogP contribution in [0.25, 0.3) is 0 Å². The Labute approximate surface area is 148 Å². The maximum atomic E-state index is 12.5. The maximum absolute atomic E-state index is 12.5. The Kier molecular flexibility index (Phi) is 6.21. The molecule has 2 amide bonds. The van der Waals surface area contributed by atoms with Crippen LogP contribution in [0.3, 0.4) is 0 Å². The molecule has 0 aliphatic carbocycles. The van der Waals surface area contributed by atoms with Crippen LogP contribution in [-0.2, 0) is 11.0 Å². The molecule has 138 valence electrons. The highest BCUT2D eigenvalue weighted by atomic mass is 19.4. The molecule has 2 rings (SSSR count). The smallest absolute Gasteiger partial charge is 0.376 e. The minimum Gasteiger partial charge on any atom is -0.376 e. The molecule has 0 fully saturated rings. The van der Waals surface area contributed by atoms with E-state index in [1.165, 1.54) is 12.1 Å². The van der Waals surface area contributed by atoms with Gasteiger partial charge in [0.05, 0.1) is 12.1 Å². The molecule has 3 N–H and O–H groups in total. The number of rotatable bonds is 6. The van der Waals surface area contributed by atoms with E-state index in [1.807, 2.05) is 0 Å². The quantitative estimate of drug-likeness (QED) is 0.734. The first kappa shape index (κ1) is 19.3. The van der Waals surface area contributed by atoms with Crippen LogP contribution in [0.4, 0.5) is 24.5 Å². The van der Waals surface area contributed by atoms with Crippen molar-refractivity contribution < 1.29 is 22.8 Å². The summed E-state index contributed by atoms with van der Waals surface area (Å²) in [5, 5.41) is 8.03. The van der Waals surface area contributed by atoms with Gasteiger partial charge in [-0.05, 0) is 49.4 Å². The maximum Gasteiger partial charge on any atom is 0.416 e. The number of carbonyl (C=O) groups is 2. The van der Waals surface area contributed by atoms with E-state index in [-0.39, 0.29) is 12.5 Å². The van der Waals surface area contributed by atoms with Crippen molar-refractivity contribution in [1.82, 2.24) is 5.32 Å². The minimum absolute atomic E-state index is 0.128. The van der Waals surface area contributed by atoms with Crippen molar-refractivity contribution in [2.24, 2.45) is 0 Å². The minimum atomic E-state index is -4.40. The molecule has 2 aromatic rings. The summed E-state index contributed by atoms with van der Waals surface area (Å²) in [5.74, 6) is -0.635. The van der Waals surface area contributed by atoms with Gasteiger partial charge in [-0.15, -0.1) is 0 Å². The Morgan fingerprint density at radius 2 is 1.69 bits per heavy atom. The standard InChI is InChI=1S/C18H18F3N3O2/c1-2-22-17(26)12-4-3-5-15(10-12)24-16(25)11-23-14-8-6-13(7-9-14)18(19,20)21/h3-10,23H,2,11H2,1H3,(H,22,26)(H,24,25). The zero-order valence-corrected chi connectivity index (χ0v) is 14.0. The second-order valence-electron chi connectivity index (χ2n) is 5.42. The summed E-state index contributed by atoms with van der Waals surface area (Å²) in [7, 11) is 0. The molecule has 0 spiro atoms. The van der Waals surface area contributed by atoms with Gasteiger partial charge in [-0.25, -0.2) is 0 Å². The van der Waals surface area contributed by atoms with Crippen molar-refractivity contribution >= 4 is 23.2 Å². The van der Waals surface area contributed by atoms with Gasteiger partial charge < -0.3 is 16.0 Å². The Morgan fingerprint density at radius 3 is 2.31 bits per heavy atom. The van der Waals surface area contributed by atoms with Crippen molar-refractivity contribution in [2.75, 3.05) is 23.7 Å². The van der Waals surface area contributed by atoms with Crippen LogP contribution >= 0.6 is 0 Å². The first-order valence-corrected chi connectivity index (χ1v) is 7.89. The fourth-order valence-corrected chi connectivity index (χ4v) is 2.17. The van der Waals surface area contributed by atoms with E-state index in [0.717, 1.165) is 12.1 Å². The van der Waals surface area contributed by atoms with Crippen molar-refractivity contribution in [3.8, 4) is 0 Å². The van der Waals surface area contributed by atoms with Crippen molar-refractivity contribution in [1.29, 1.82) is 0 Å². The Balaban J connectivity index is 1.91. The van der Waals surface area contributed by atoms with Gasteiger partial charge in [-0.1, -0.05) is 6.07 Å². The van der Waals surface area contributed by atoms with Crippen LogP contribution in [0.5, 0.6) is 0 Å². The van der Waals surface area contributed by atoms with Crippen LogP contribution in [-0.4, -0.2) is 24.9 Å². The highest BCUT2D eigenvalue weighted by Crippen LogP contribution is 2.29. The van der Waals surface area contributed by atoms with Crippen molar-refractivity contribution in [3.05, 3.63) is 59.7 Å². The Morgan fingerprint density at radius 1 is 1.00 bits per heavy atom. The normalized spacial score (nSPS) is 10.9. The second-order valence-corrected chi connectivity index (χ2v) is 5.42. The van der Waals surface area contributed by atoms with E-state index < -0.39 is 17.6 Å². The average Bonchev–Trinajstić information content (AvgIpc) is 2.60. The summed E-state index contributed by atoms with van der Waals surface area (Å²) in [4.78, 5) is 23.7. The van der Waals surface area contributed by atoms with Crippen LogP contribution in [0.2, 0.25) is 0 Å². The lowest BCUT2D eigenvalue weighted by Gasteiger charge is -2.10. The average molecular weight is 365 g/mol. The number of alkyl halides is 3. The SMILES string of the molecule is CCNC(=O)c1cccc(NC(=O)CNc2ccc(C(F)(F)F)cc2)c1. The van der Waals surface area contributed by atoms with Gasteiger partial charge in [-0.3, -0.25) is 9.59 Å². The predicted molar refractivity (Wildman–Crippen MR) is 93.0 cm³/mol. The molecule has 0 unspecified atom stereocenters. The molecule has 0 aliphatic heterocycles. The number of halogens is 3. The van der Waals surface area contributed by atoms with Gasteiger partial charge in [-0.2, -0.15) is 13.2 Å². The Hall–Kier alpha value is -3.03. The molecule has 0 aromatic heterocycles. The largest absolute Gasteiger partial charge is 0.416 e. The van der Waals surface area contributed by atoms with E-state index in [9.17, 15) is 22.8 Å². The fourth-order valence-electron chi connectivity index (χ4n) is 2.17. The molecule has 26 heavy (non-hydrogen) atoms. The number of amides is 2. The molecule has 0 bridgehead atoms. The van der Waals surface area contributed by atoms with Crippen LogP contribution < -0.4 is 16.0 Å². The topological polar surface area (TPSA) is 70.2 Å². The molecule has 0 heterocycles. The van der Waals surface area contributed by atoms with Gasteiger partial charge in [0.2, 0.25) is 5.91 Å².